The van der Waals surface area contributed by atoms with Gasteiger partial charge in [-0.3, -0.25) is 0 Å². The van der Waals surface area contributed by atoms with E-state index in [1.165, 1.54) is 31.7 Å². The van der Waals surface area contributed by atoms with Crippen LogP contribution in [0.15, 0.2) is 0 Å². The molecule has 1 rings (SSSR count). The Balaban J connectivity index is 2.50. The summed E-state index contributed by atoms with van der Waals surface area (Å²) >= 11 is 0. The number of hydrogen-bond donors (Lipinski definition) is 0. The van der Waals surface area contributed by atoms with Gasteiger partial charge in [0.25, 0.3) is 0 Å². The highest BCUT2D eigenvalue weighted by molar-refractivity contribution is 6.69. The second-order valence-corrected chi connectivity index (χ2v) is 8.54. The quantitative estimate of drug-likeness (QED) is 0.634. The zero-order valence-electron chi connectivity index (χ0n) is 10.0. The van der Waals surface area contributed by atoms with Gasteiger partial charge in [0.2, 0.25) is 0 Å². The highest BCUT2D eigenvalue weighted by atomic mass is 28.4. The van der Waals surface area contributed by atoms with Gasteiger partial charge in [-0.1, -0.05) is 20.3 Å². The van der Waals surface area contributed by atoms with E-state index < -0.39 is 8.56 Å². The van der Waals surface area contributed by atoms with Crippen molar-refractivity contribution in [2.24, 2.45) is 5.92 Å². The van der Waals surface area contributed by atoms with Crippen molar-refractivity contribution in [3.05, 3.63) is 0 Å². The van der Waals surface area contributed by atoms with Crippen molar-refractivity contribution in [2.75, 3.05) is 14.2 Å². The highest BCUT2D eigenvalue weighted by Crippen LogP contribution is 2.44. The van der Waals surface area contributed by atoms with Crippen LogP contribution in [-0.4, -0.2) is 22.8 Å². The maximum absolute atomic E-state index is 5.76. The fourth-order valence-electron chi connectivity index (χ4n) is 2.16. The molecule has 84 valence electrons. The largest absolute Gasteiger partial charge is 0.397 e. The summed E-state index contributed by atoms with van der Waals surface area (Å²) in [6, 6.07) is 1.17. The standard InChI is InChI=1S/C11H24O2Si/c1-10(2)8-9-14(12-3,13-4)11-6-5-7-11/h10-11H,5-9H2,1-4H3. The molecule has 0 heterocycles. The molecule has 0 N–H and O–H groups in total. The molecule has 0 radical (unpaired) electrons. The van der Waals surface area contributed by atoms with Crippen LogP contribution < -0.4 is 0 Å². The summed E-state index contributed by atoms with van der Waals surface area (Å²) in [5, 5.41) is 0. The van der Waals surface area contributed by atoms with E-state index in [9.17, 15) is 0 Å². The van der Waals surface area contributed by atoms with E-state index in [0.29, 0.717) is 0 Å². The average molecular weight is 216 g/mol. The van der Waals surface area contributed by atoms with Crippen LogP contribution in [0.3, 0.4) is 0 Å². The molecule has 1 aliphatic carbocycles. The van der Waals surface area contributed by atoms with Crippen LogP contribution in [0.25, 0.3) is 0 Å². The highest BCUT2D eigenvalue weighted by Gasteiger charge is 2.46. The zero-order chi connectivity index (χ0) is 10.6. The minimum Gasteiger partial charge on any atom is -0.397 e. The summed E-state index contributed by atoms with van der Waals surface area (Å²) in [5.74, 6) is 0.757. The Morgan fingerprint density at radius 3 is 2.07 bits per heavy atom. The summed E-state index contributed by atoms with van der Waals surface area (Å²) in [4.78, 5) is 0. The Kier molecular flexibility index (Phi) is 4.61. The van der Waals surface area contributed by atoms with Crippen molar-refractivity contribution in [3.63, 3.8) is 0 Å². The summed E-state index contributed by atoms with van der Waals surface area (Å²) in [6.45, 7) is 4.54. The van der Waals surface area contributed by atoms with E-state index in [2.05, 4.69) is 13.8 Å². The van der Waals surface area contributed by atoms with E-state index >= 15 is 0 Å². The van der Waals surface area contributed by atoms with Gasteiger partial charge in [0.05, 0.1) is 0 Å². The van der Waals surface area contributed by atoms with E-state index in [1.807, 2.05) is 14.2 Å². The summed E-state index contributed by atoms with van der Waals surface area (Å²) < 4.78 is 11.5. The molecule has 0 aromatic heterocycles. The van der Waals surface area contributed by atoms with Gasteiger partial charge in [0.15, 0.2) is 0 Å². The van der Waals surface area contributed by atoms with Gasteiger partial charge in [-0.25, -0.2) is 0 Å². The minimum absolute atomic E-state index is 0.757. The van der Waals surface area contributed by atoms with Gasteiger partial charge in [-0.2, -0.15) is 0 Å². The Morgan fingerprint density at radius 1 is 1.21 bits per heavy atom. The molecule has 14 heavy (non-hydrogen) atoms. The first-order chi connectivity index (χ1) is 6.64. The summed E-state index contributed by atoms with van der Waals surface area (Å²) in [7, 11) is 1.86. The lowest BCUT2D eigenvalue weighted by molar-refractivity contribution is 0.205. The maximum Gasteiger partial charge on any atom is 0.340 e. The molecular formula is C11H24O2Si. The first-order valence-electron chi connectivity index (χ1n) is 5.75. The lowest BCUT2D eigenvalue weighted by atomic mass is 10.00. The smallest absolute Gasteiger partial charge is 0.340 e. The van der Waals surface area contributed by atoms with Crippen molar-refractivity contribution in [1.82, 2.24) is 0 Å². The third kappa shape index (κ3) is 2.58. The van der Waals surface area contributed by atoms with Crippen LogP contribution in [0.1, 0.15) is 39.5 Å². The van der Waals surface area contributed by atoms with Crippen LogP contribution in [0, 0.1) is 5.92 Å². The second kappa shape index (κ2) is 5.28. The van der Waals surface area contributed by atoms with Crippen molar-refractivity contribution in [3.8, 4) is 0 Å². The van der Waals surface area contributed by atoms with Gasteiger partial charge in [-0.15, -0.1) is 0 Å². The Bertz CT molecular complexity index is 163. The molecule has 0 aromatic rings. The molecule has 1 fully saturated rings. The zero-order valence-corrected chi connectivity index (χ0v) is 11.0. The van der Waals surface area contributed by atoms with Gasteiger partial charge in [0, 0.05) is 19.8 Å². The molecule has 3 heteroatoms. The van der Waals surface area contributed by atoms with Crippen LogP contribution in [0.2, 0.25) is 11.6 Å². The third-order valence-electron chi connectivity index (χ3n) is 3.49. The van der Waals surface area contributed by atoms with Gasteiger partial charge in [-0.05, 0) is 31.2 Å². The van der Waals surface area contributed by atoms with E-state index in [4.69, 9.17) is 8.85 Å². The second-order valence-electron chi connectivity index (χ2n) is 4.78. The first kappa shape index (κ1) is 12.2. The average Bonchev–Trinajstić information content (AvgIpc) is 2.09. The SMILES string of the molecule is CO[Si](CCC(C)C)(OC)C1CCC1. The molecule has 0 aromatic carbocycles. The van der Waals surface area contributed by atoms with Gasteiger partial charge < -0.3 is 8.85 Å². The molecule has 1 saturated carbocycles. The Morgan fingerprint density at radius 2 is 1.79 bits per heavy atom. The topological polar surface area (TPSA) is 18.5 Å². The van der Waals surface area contributed by atoms with Crippen LogP contribution in [0.4, 0.5) is 0 Å². The molecule has 1 aliphatic rings. The van der Waals surface area contributed by atoms with Crippen LogP contribution in [0.5, 0.6) is 0 Å². The van der Waals surface area contributed by atoms with E-state index in [1.54, 1.807) is 0 Å². The van der Waals surface area contributed by atoms with E-state index in [-0.39, 0.29) is 0 Å². The number of hydrogen-bond acceptors (Lipinski definition) is 2. The molecule has 2 nitrogen and oxygen atoms in total. The molecule has 0 spiro atoms. The summed E-state index contributed by atoms with van der Waals surface area (Å²) in [6.07, 6.45) is 5.26. The Hall–Kier alpha value is 0.137. The first-order valence-corrected chi connectivity index (χ1v) is 7.85. The van der Waals surface area contributed by atoms with Crippen LogP contribution >= 0.6 is 0 Å². The van der Waals surface area contributed by atoms with Crippen molar-refractivity contribution in [2.45, 2.75) is 51.1 Å². The maximum atomic E-state index is 5.76. The lowest BCUT2D eigenvalue weighted by Gasteiger charge is -2.40. The summed E-state index contributed by atoms with van der Waals surface area (Å²) in [5.41, 5.74) is 0.760. The monoisotopic (exact) mass is 216 g/mol. The predicted molar refractivity (Wildman–Crippen MR) is 61.6 cm³/mol. The molecule has 0 atom stereocenters. The Labute approximate surface area is 89.2 Å². The van der Waals surface area contributed by atoms with Crippen molar-refractivity contribution in [1.29, 1.82) is 0 Å². The molecule has 0 amide bonds. The third-order valence-corrected chi connectivity index (χ3v) is 7.68. The molecule has 0 saturated heterocycles. The molecular weight excluding hydrogens is 192 g/mol. The van der Waals surface area contributed by atoms with Crippen molar-refractivity contribution >= 4 is 8.56 Å². The lowest BCUT2D eigenvalue weighted by Crippen LogP contribution is -2.47. The molecule has 0 aliphatic heterocycles. The molecule has 0 unspecified atom stereocenters. The predicted octanol–water partition coefficient (Wildman–Crippen LogP) is 3.32. The normalized spacial score (nSPS) is 18.6. The van der Waals surface area contributed by atoms with Gasteiger partial charge >= 0.3 is 8.56 Å². The fourth-order valence-corrected chi connectivity index (χ4v) is 6.08. The number of rotatable bonds is 6. The van der Waals surface area contributed by atoms with Crippen LogP contribution in [-0.2, 0) is 8.85 Å². The van der Waals surface area contributed by atoms with E-state index in [0.717, 1.165) is 11.5 Å². The molecule has 0 bridgehead atoms. The minimum atomic E-state index is -1.82. The fraction of sp³-hybridized carbons (Fsp3) is 1.00. The van der Waals surface area contributed by atoms with Crippen molar-refractivity contribution < 1.29 is 8.85 Å². The van der Waals surface area contributed by atoms with Gasteiger partial charge in [0.1, 0.15) is 0 Å².